The summed E-state index contributed by atoms with van der Waals surface area (Å²) in [6.07, 6.45) is 6.03. The zero-order valence-electron chi connectivity index (χ0n) is 35.6. The van der Waals surface area contributed by atoms with Crippen LogP contribution >= 0.6 is 21.6 Å². The minimum absolute atomic E-state index is 0.0335. The van der Waals surface area contributed by atoms with Crippen molar-refractivity contribution in [2.24, 2.45) is 11.3 Å². The molecule has 56 heavy (non-hydrogen) atoms. The smallest absolute Gasteiger partial charge is 0.260 e. The number of ketones is 1. The van der Waals surface area contributed by atoms with Crippen molar-refractivity contribution in [2.75, 3.05) is 37.9 Å². The van der Waals surface area contributed by atoms with E-state index in [-0.39, 0.29) is 40.7 Å². The Morgan fingerprint density at radius 3 is 2.07 bits per heavy atom. The van der Waals surface area contributed by atoms with Crippen LogP contribution in [0.5, 0.6) is 0 Å². The number of sulfonamides is 1. The first kappa shape index (κ1) is 51.1. The first-order valence-corrected chi connectivity index (χ1v) is 23.8. The van der Waals surface area contributed by atoms with Crippen LogP contribution in [0.2, 0.25) is 0 Å². The molecule has 0 aromatic heterocycles. The van der Waals surface area contributed by atoms with Crippen molar-refractivity contribution in [3.63, 3.8) is 0 Å². The zero-order valence-corrected chi connectivity index (χ0v) is 38.0. The van der Waals surface area contributed by atoms with Crippen LogP contribution in [0.3, 0.4) is 0 Å². The van der Waals surface area contributed by atoms with Gasteiger partial charge in [0, 0.05) is 55.3 Å². The van der Waals surface area contributed by atoms with E-state index in [1.165, 1.54) is 33.4 Å². The highest BCUT2D eigenvalue weighted by atomic mass is 33.1. The monoisotopic (exact) mass is 839 g/mol. The summed E-state index contributed by atoms with van der Waals surface area (Å²) in [4.78, 5) is 66.0. The van der Waals surface area contributed by atoms with E-state index >= 15 is 0 Å². The molecule has 12 nitrogen and oxygen atoms in total. The lowest BCUT2D eigenvalue weighted by Crippen LogP contribution is -2.61. The fourth-order valence-electron chi connectivity index (χ4n) is 6.11. The van der Waals surface area contributed by atoms with E-state index in [1.807, 2.05) is 85.7 Å². The fraction of sp³-hybridized carbons (Fsp3) is 0.683. The van der Waals surface area contributed by atoms with E-state index in [4.69, 9.17) is 0 Å². The van der Waals surface area contributed by atoms with E-state index in [0.29, 0.717) is 43.7 Å². The van der Waals surface area contributed by atoms with Gasteiger partial charge in [0.2, 0.25) is 27.7 Å². The number of nitrogens with one attached hydrogen (secondary N) is 4. The minimum Gasteiger partial charge on any atom is -0.356 e. The Balaban J connectivity index is 2.75. The molecule has 4 amide bonds. The Kier molecular flexibility index (Phi) is 22.6. The Bertz CT molecular complexity index is 1560. The third-order valence-corrected chi connectivity index (χ3v) is 13.5. The summed E-state index contributed by atoms with van der Waals surface area (Å²) in [5, 5.41) is 9.05. The maximum Gasteiger partial charge on any atom is 0.260 e. The van der Waals surface area contributed by atoms with Crippen molar-refractivity contribution in [1.82, 2.24) is 25.6 Å². The molecule has 0 fully saturated rings. The average molecular weight is 840 g/mol. The molecule has 0 aliphatic heterocycles. The molecule has 318 valence electrons. The Hall–Kier alpha value is -2.88. The van der Waals surface area contributed by atoms with Crippen molar-refractivity contribution >= 4 is 61.0 Å². The Morgan fingerprint density at radius 1 is 0.875 bits per heavy atom. The van der Waals surface area contributed by atoms with Crippen LogP contribution in [-0.2, 0) is 39.4 Å². The second-order valence-electron chi connectivity index (χ2n) is 16.2. The van der Waals surface area contributed by atoms with Gasteiger partial charge in [0.05, 0.1) is 17.8 Å². The lowest BCUT2D eigenvalue weighted by atomic mass is 9.76. The molecule has 0 spiro atoms. The summed E-state index contributed by atoms with van der Waals surface area (Å²) in [6.45, 7) is 17.4. The number of likely N-dealkylation sites (N-methyl/N-ethyl adjacent to an activating group) is 2. The molecule has 0 heterocycles. The topological polar surface area (TPSA) is 171 Å². The number of nitrogens with zero attached hydrogens (tertiary/aromatic N) is 1. The molecule has 0 radical (unpaired) electrons. The van der Waals surface area contributed by atoms with Gasteiger partial charge in [-0.3, -0.25) is 24.0 Å². The molecule has 15 heteroatoms. The maximum atomic E-state index is 14.2. The van der Waals surface area contributed by atoms with Gasteiger partial charge in [-0.2, -0.15) is 0 Å². The molecule has 0 aliphatic rings. The number of benzene rings is 1. The van der Waals surface area contributed by atoms with Crippen LogP contribution in [0.15, 0.2) is 42.0 Å². The fourth-order valence-corrected chi connectivity index (χ4v) is 9.44. The second kappa shape index (κ2) is 24.8. The van der Waals surface area contributed by atoms with Gasteiger partial charge in [0.25, 0.3) is 5.91 Å². The largest absolute Gasteiger partial charge is 0.356 e. The normalized spacial score (nSPS) is 14.1. The zero-order chi connectivity index (χ0) is 42.7. The van der Waals surface area contributed by atoms with Gasteiger partial charge in [0.1, 0.15) is 11.8 Å². The van der Waals surface area contributed by atoms with E-state index in [0.717, 1.165) is 24.8 Å². The number of rotatable bonds is 26. The number of unbranched alkanes of at least 4 members (excludes halogenated alkanes) is 2. The molecular formula is C41H69N5O7S3. The minimum atomic E-state index is -3.92. The molecule has 0 aliphatic carbocycles. The van der Waals surface area contributed by atoms with Crippen molar-refractivity contribution in [3.8, 4) is 0 Å². The summed E-state index contributed by atoms with van der Waals surface area (Å²) in [6, 6.07) is 7.59. The highest BCUT2D eigenvalue weighted by Crippen LogP contribution is 2.29. The van der Waals surface area contributed by atoms with E-state index in [2.05, 4.69) is 20.7 Å². The van der Waals surface area contributed by atoms with Crippen LogP contribution in [0.4, 0.5) is 0 Å². The van der Waals surface area contributed by atoms with Gasteiger partial charge in [-0.15, -0.1) is 0 Å². The molecule has 4 N–H and O–H groups in total. The molecule has 0 saturated carbocycles. The number of hydrogen-bond acceptors (Lipinski definition) is 10. The lowest BCUT2D eigenvalue weighted by Gasteiger charge is -2.40. The summed E-state index contributed by atoms with van der Waals surface area (Å²) in [5.41, 5.74) is -0.135. The van der Waals surface area contributed by atoms with E-state index < -0.39 is 44.9 Å². The van der Waals surface area contributed by atoms with Gasteiger partial charge < -0.3 is 20.9 Å². The molecule has 0 bridgehead atoms. The predicted octanol–water partition coefficient (Wildman–Crippen LogP) is 5.78. The Labute approximate surface area is 345 Å². The van der Waals surface area contributed by atoms with Crippen molar-refractivity contribution in [2.45, 2.75) is 131 Å². The first-order valence-electron chi connectivity index (χ1n) is 19.6. The third-order valence-electron chi connectivity index (χ3n) is 9.68. The standard InChI is InChI=1S/C41H69N5O7S3/c1-12-32(47)22-17-14-18-24-43-34(48)23-26-55-54-25-19-27-56(52,53)45-37(49)30(4)28-33(29(2)3)46(11)39(51)36(40(5,6)7)44-38(50)35(42-10)41(8,9)31-20-15-13-16-21-31/h13,15-16,20-21,28-29,33,35-36,42H,12,14,17-19,22-27H2,1-11H3,(H,43,48)(H,44,50)(H,45,49)/b30-28+/t33-,35-,36-/m1/s1. The van der Waals surface area contributed by atoms with E-state index in [1.54, 1.807) is 20.2 Å². The maximum absolute atomic E-state index is 14.2. The molecule has 1 aromatic rings. The average Bonchev–Trinajstić information content (AvgIpc) is 3.12. The van der Waals surface area contributed by atoms with Crippen molar-refractivity contribution < 1.29 is 32.4 Å². The number of carbonyl (C=O) groups is 5. The highest BCUT2D eigenvalue weighted by Gasteiger charge is 2.41. The molecular weight excluding hydrogens is 771 g/mol. The summed E-state index contributed by atoms with van der Waals surface area (Å²) in [5.74, 6) is -0.449. The first-order chi connectivity index (χ1) is 26.1. The van der Waals surface area contributed by atoms with Crippen LogP contribution in [0.1, 0.15) is 113 Å². The van der Waals surface area contributed by atoms with Crippen LogP contribution in [0.25, 0.3) is 0 Å². The highest BCUT2D eigenvalue weighted by molar-refractivity contribution is 8.76. The quantitative estimate of drug-likeness (QED) is 0.0510. The summed E-state index contributed by atoms with van der Waals surface area (Å²) >= 11 is 0. The van der Waals surface area contributed by atoms with E-state index in [9.17, 15) is 32.4 Å². The van der Waals surface area contributed by atoms with Gasteiger partial charge in [-0.1, -0.05) is 120 Å². The molecule has 1 aromatic carbocycles. The Morgan fingerprint density at radius 2 is 1.50 bits per heavy atom. The second-order valence-corrected chi connectivity index (χ2v) is 20.7. The van der Waals surface area contributed by atoms with Gasteiger partial charge >= 0.3 is 0 Å². The number of amides is 4. The van der Waals surface area contributed by atoms with Gasteiger partial charge in [-0.25, -0.2) is 13.1 Å². The molecule has 3 atom stereocenters. The predicted molar refractivity (Wildman–Crippen MR) is 232 cm³/mol. The number of carbonyl (C=O) groups excluding carboxylic acids is 5. The van der Waals surface area contributed by atoms with Crippen molar-refractivity contribution in [1.29, 1.82) is 0 Å². The van der Waals surface area contributed by atoms with Crippen LogP contribution < -0.4 is 20.7 Å². The van der Waals surface area contributed by atoms with Crippen LogP contribution in [0, 0.1) is 11.3 Å². The summed E-state index contributed by atoms with van der Waals surface area (Å²) < 4.78 is 27.7. The van der Waals surface area contributed by atoms with Gasteiger partial charge in [0.15, 0.2) is 0 Å². The van der Waals surface area contributed by atoms with Crippen molar-refractivity contribution in [3.05, 3.63) is 47.5 Å². The van der Waals surface area contributed by atoms with Gasteiger partial charge in [-0.05, 0) is 50.1 Å². The third kappa shape index (κ3) is 18.1. The molecule has 0 unspecified atom stereocenters. The lowest BCUT2D eigenvalue weighted by molar-refractivity contribution is -0.141. The summed E-state index contributed by atoms with van der Waals surface area (Å²) in [7, 11) is 2.40. The molecule has 0 saturated heterocycles. The SMILES string of the molecule is CCC(=O)CCCCCNC(=O)CCSSCCCS(=O)(=O)NC(=O)/C(C)=C/[C@H](C(C)C)N(C)C(=O)[C@@H](NC(=O)[C@@H](NC)C(C)(C)c1ccccc1)C(C)(C)C. The number of Topliss-reactive ketones (excluding diaryl/α,β-unsaturated/α-hetero) is 1. The van der Waals surface area contributed by atoms with Crippen LogP contribution in [-0.4, -0.2) is 98.8 Å². The molecule has 1 rings (SSSR count). The number of hydrogen-bond donors (Lipinski definition) is 4.